The maximum absolute atomic E-state index is 4.06. The highest BCUT2D eigenvalue weighted by Gasteiger charge is 2.18. The van der Waals surface area contributed by atoms with E-state index in [1.54, 1.807) is 0 Å². The molecule has 0 amide bonds. The molecule has 0 radical (unpaired) electrons. The number of nitrogens with one attached hydrogen (secondary N) is 1. The van der Waals surface area contributed by atoms with Crippen LogP contribution in [0, 0.1) is 0 Å². The standard InChI is InChI=1S/C18H23N3/c1-2-4-16(5-3-1)8-13-21-14-9-18(10-15-21)20-17-6-11-19-12-7-17/h1-7,11-12,18H,8-10,13-15H2,(H,19,20). The van der Waals surface area contributed by atoms with Crippen LogP contribution < -0.4 is 5.32 Å². The maximum Gasteiger partial charge on any atom is 0.0373 e. The van der Waals surface area contributed by atoms with Crippen LogP contribution in [0.2, 0.25) is 0 Å². The van der Waals surface area contributed by atoms with Gasteiger partial charge in [0.15, 0.2) is 0 Å². The van der Waals surface area contributed by atoms with Crippen molar-refractivity contribution < 1.29 is 0 Å². The molecule has 1 aliphatic rings. The van der Waals surface area contributed by atoms with Crippen molar-refractivity contribution in [3.05, 3.63) is 60.4 Å². The minimum absolute atomic E-state index is 0.598. The lowest BCUT2D eigenvalue weighted by Gasteiger charge is -2.32. The summed E-state index contributed by atoms with van der Waals surface area (Å²) < 4.78 is 0. The van der Waals surface area contributed by atoms with Gasteiger partial charge in [-0.1, -0.05) is 30.3 Å². The Morgan fingerprint density at radius 3 is 2.43 bits per heavy atom. The van der Waals surface area contributed by atoms with Gasteiger partial charge in [-0.3, -0.25) is 4.98 Å². The lowest BCUT2D eigenvalue weighted by molar-refractivity contribution is 0.221. The highest BCUT2D eigenvalue weighted by atomic mass is 15.1. The van der Waals surface area contributed by atoms with E-state index in [4.69, 9.17) is 0 Å². The van der Waals surface area contributed by atoms with Crippen LogP contribution in [0.4, 0.5) is 5.69 Å². The summed E-state index contributed by atoms with van der Waals surface area (Å²) >= 11 is 0. The third-order valence-corrected chi connectivity index (χ3v) is 4.20. The Hall–Kier alpha value is -1.87. The van der Waals surface area contributed by atoms with Crippen molar-refractivity contribution in [1.82, 2.24) is 9.88 Å². The first-order chi connectivity index (χ1) is 10.4. The second-order valence-electron chi connectivity index (χ2n) is 5.73. The SMILES string of the molecule is c1ccc(CCN2CCC(Nc3ccncc3)CC2)cc1. The first-order valence-corrected chi connectivity index (χ1v) is 7.83. The minimum atomic E-state index is 0.598. The van der Waals surface area contributed by atoms with Crippen LogP contribution in [-0.2, 0) is 6.42 Å². The number of hydrogen-bond donors (Lipinski definition) is 1. The fraction of sp³-hybridized carbons (Fsp3) is 0.389. The summed E-state index contributed by atoms with van der Waals surface area (Å²) in [4.78, 5) is 6.64. The van der Waals surface area contributed by atoms with Crippen molar-refractivity contribution >= 4 is 5.69 Å². The van der Waals surface area contributed by atoms with Crippen LogP contribution in [0.15, 0.2) is 54.9 Å². The summed E-state index contributed by atoms with van der Waals surface area (Å²) in [6.45, 7) is 3.55. The highest BCUT2D eigenvalue weighted by Crippen LogP contribution is 2.16. The summed E-state index contributed by atoms with van der Waals surface area (Å²) in [5, 5.41) is 3.61. The number of nitrogens with zero attached hydrogens (tertiary/aromatic N) is 2. The molecule has 21 heavy (non-hydrogen) atoms. The van der Waals surface area contributed by atoms with E-state index in [0.717, 1.165) is 6.42 Å². The van der Waals surface area contributed by atoms with E-state index in [-0.39, 0.29) is 0 Å². The Morgan fingerprint density at radius 1 is 1.00 bits per heavy atom. The number of aromatic nitrogens is 1. The predicted molar refractivity (Wildman–Crippen MR) is 87.5 cm³/mol. The minimum Gasteiger partial charge on any atom is -0.382 e. The molecule has 1 N–H and O–H groups in total. The molecule has 0 bridgehead atoms. The number of pyridine rings is 1. The smallest absolute Gasteiger partial charge is 0.0373 e. The molecule has 1 saturated heterocycles. The van der Waals surface area contributed by atoms with Crippen molar-refractivity contribution in [3.63, 3.8) is 0 Å². The van der Waals surface area contributed by atoms with Crippen molar-refractivity contribution in [2.75, 3.05) is 25.0 Å². The monoisotopic (exact) mass is 281 g/mol. The first kappa shape index (κ1) is 14.1. The topological polar surface area (TPSA) is 28.2 Å². The molecule has 0 saturated carbocycles. The first-order valence-electron chi connectivity index (χ1n) is 7.83. The molecule has 1 aromatic heterocycles. The number of benzene rings is 1. The molecule has 2 heterocycles. The largest absolute Gasteiger partial charge is 0.382 e. The Kier molecular flexibility index (Phi) is 4.85. The fourth-order valence-corrected chi connectivity index (χ4v) is 2.92. The number of likely N-dealkylation sites (tertiary alicyclic amines) is 1. The van der Waals surface area contributed by atoms with Crippen molar-refractivity contribution in [2.24, 2.45) is 0 Å². The van der Waals surface area contributed by atoms with E-state index in [9.17, 15) is 0 Å². The molecular weight excluding hydrogens is 258 g/mol. The van der Waals surface area contributed by atoms with E-state index < -0.39 is 0 Å². The quantitative estimate of drug-likeness (QED) is 0.912. The van der Waals surface area contributed by atoms with Crippen LogP contribution in [-0.4, -0.2) is 35.6 Å². The van der Waals surface area contributed by atoms with Crippen LogP contribution in [0.25, 0.3) is 0 Å². The normalized spacial score (nSPS) is 16.8. The molecule has 3 heteroatoms. The van der Waals surface area contributed by atoms with Gasteiger partial charge in [0.2, 0.25) is 0 Å². The lowest BCUT2D eigenvalue weighted by Crippen LogP contribution is -2.40. The summed E-state index contributed by atoms with van der Waals surface area (Å²) in [7, 11) is 0. The third-order valence-electron chi connectivity index (χ3n) is 4.20. The van der Waals surface area contributed by atoms with Gasteiger partial charge in [-0.15, -0.1) is 0 Å². The molecule has 1 aromatic carbocycles. The van der Waals surface area contributed by atoms with Gasteiger partial charge in [-0.2, -0.15) is 0 Å². The molecule has 1 aliphatic heterocycles. The number of rotatable bonds is 5. The van der Waals surface area contributed by atoms with E-state index in [1.165, 1.54) is 43.7 Å². The van der Waals surface area contributed by atoms with Gasteiger partial charge in [-0.05, 0) is 37.0 Å². The zero-order chi connectivity index (χ0) is 14.3. The molecule has 110 valence electrons. The number of piperidine rings is 1. The summed E-state index contributed by atoms with van der Waals surface area (Å²) in [6, 6.07) is 15.5. The van der Waals surface area contributed by atoms with Gasteiger partial charge in [-0.25, -0.2) is 0 Å². The van der Waals surface area contributed by atoms with Crippen LogP contribution in [0.5, 0.6) is 0 Å². The van der Waals surface area contributed by atoms with Crippen molar-refractivity contribution in [3.8, 4) is 0 Å². The average molecular weight is 281 g/mol. The summed E-state index contributed by atoms with van der Waals surface area (Å²) in [6.07, 6.45) is 7.28. The zero-order valence-corrected chi connectivity index (χ0v) is 12.4. The Balaban J connectivity index is 1.41. The van der Waals surface area contributed by atoms with E-state index in [1.807, 2.05) is 24.5 Å². The van der Waals surface area contributed by atoms with Gasteiger partial charge in [0.05, 0.1) is 0 Å². The highest BCUT2D eigenvalue weighted by molar-refractivity contribution is 5.41. The Labute approximate surface area is 127 Å². The fourth-order valence-electron chi connectivity index (χ4n) is 2.92. The molecule has 1 fully saturated rings. The van der Waals surface area contributed by atoms with E-state index in [2.05, 4.69) is 45.5 Å². The summed E-state index contributed by atoms with van der Waals surface area (Å²) in [5.41, 5.74) is 2.63. The molecule has 0 atom stereocenters. The van der Waals surface area contributed by atoms with Gasteiger partial charge in [0, 0.05) is 43.8 Å². The number of anilines is 1. The molecule has 2 aromatic rings. The van der Waals surface area contributed by atoms with Crippen LogP contribution in [0.3, 0.4) is 0 Å². The van der Waals surface area contributed by atoms with Gasteiger partial charge in [0.1, 0.15) is 0 Å². The zero-order valence-electron chi connectivity index (χ0n) is 12.4. The van der Waals surface area contributed by atoms with E-state index >= 15 is 0 Å². The molecule has 3 nitrogen and oxygen atoms in total. The third kappa shape index (κ3) is 4.30. The van der Waals surface area contributed by atoms with Crippen molar-refractivity contribution in [1.29, 1.82) is 0 Å². The Morgan fingerprint density at radius 2 is 1.71 bits per heavy atom. The molecule has 0 unspecified atom stereocenters. The molecule has 3 rings (SSSR count). The van der Waals surface area contributed by atoms with Crippen LogP contribution in [0.1, 0.15) is 18.4 Å². The van der Waals surface area contributed by atoms with E-state index in [0.29, 0.717) is 6.04 Å². The molecular formula is C18H23N3. The van der Waals surface area contributed by atoms with Gasteiger partial charge >= 0.3 is 0 Å². The Bertz CT molecular complexity index is 519. The number of hydrogen-bond acceptors (Lipinski definition) is 3. The second-order valence-corrected chi connectivity index (χ2v) is 5.73. The van der Waals surface area contributed by atoms with Gasteiger partial charge < -0.3 is 10.2 Å². The van der Waals surface area contributed by atoms with Gasteiger partial charge in [0.25, 0.3) is 0 Å². The lowest BCUT2D eigenvalue weighted by atomic mass is 10.0. The maximum atomic E-state index is 4.06. The molecule has 0 aliphatic carbocycles. The van der Waals surface area contributed by atoms with Crippen LogP contribution >= 0.6 is 0 Å². The second kappa shape index (κ2) is 7.23. The predicted octanol–water partition coefficient (Wildman–Crippen LogP) is 3.20. The molecule has 0 spiro atoms. The average Bonchev–Trinajstić information content (AvgIpc) is 2.56. The van der Waals surface area contributed by atoms with Crippen molar-refractivity contribution in [2.45, 2.75) is 25.3 Å². The summed E-state index contributed by atoms with van der Waals surface area (Å²) in [5.74, 6) is 0.